The van der Waals surface area contributed by atoms with Gasteiger partial charge in [0.05, 0.1) is 17.5 Å². The maximum absolute atomic E-state index is 12.4. The first-order valence-corrected chi connectivity index (χ1v) is 10.4. The molecule has 1 aliphatic heterocycles. The zero-order valence-corrected chi connectivity index (χ0v) is 19.1. The Kier molecular flexibility index (Phi) is 8.80. The summed E-state index contributed by atoms with van der Waals surface area (Å²) in [5.41, 5.74) is 1.07. The molecule has 0 unspecified atom stereocenters. The van der Waals surface area contributed by atoms with Crippen molar-refractivity contribution >= 4 is 39.8 Å². The Morgan fingerprint density at radius 2 is 2.12 bits per heavy atom. The Labute approximate surface area is 173 Å². The lowest BCUT2D eigenvalue weighted by Gasteiger charge is -2.34. The van der Waals surface area contributed by atoms with Gasteiger partial charge in [-0.3, -0.25) is 9.67 Å². The van der Waals surface area contributed by atoms with Crippen molar-refractivity contribution in [2.24, 2.45) is 12.0 Å². The van der Waals surface area contributed by atoms with E-state index < -0.39 is 14.6 Å². The van der Waals surface area contributed by atoms with Crippen molar-refractivity contribution in [3.63, 3.8) is 0 Å². The topological polar surface area (TPSA) is 88.8 Å². The van der Waals surface area contributed by atoms with E-state index in [1.54, 1.807) is 4.68 Å². The lowest BCUT2D eigenvalue weighted by Crippen LogP contribution is -2.47. The number of hydrogen-bond donors (Lipinski definition) is 1. The number of hydrogen-bond acceptors (Lipinski definition) is 5. The van der Waals surface area contributed by atoms with Gasteiger partial charge in [0.15, 0.2) is 15.8 Å². The molecule has 1 aromatic heterocycles. The number of aryl methyl sites for hydroxylation is 1. The summed E-state index contributed by atoms with van der Waals surface area (Å²) >= 11 is 0. The van der Waals surface area contributed by atoms with E-state index in [0.717, 1.165) is 5.56 Å². The molecule has 0 amide bonds. The standard InChI is InChI=1S/C16H29N5O3S.HI/c1-5-17-15(20(2)11-14-10-19-21(3)12-14)18-13-16(25(4,22)23)6-8-24-9-7-16;/h10,12H,5-9,11,13H2,1-4H3,(H,17,18);1H. The number of nitrogens with zero attached hydrogens (tertiary/aromatic N) is 4. The summed E-state index contributed by atoms with van der Waals surface area (Å²) in [7, 11) is 0.589. The second-order valence-corrected chi connectivity index (χ2v) is 9.03. The maximum atomic E-state index is 12.4. The summed E-state index contributed by atoms with van der Waals surface area (Å²) in [5, 5.41) is 7.41. The van der Waals surface area contributed by atoms with Gasteiger partial charge in [0, 0.05) is 58.4 Å². The van der Waals surface area contributed by atoms with E-state index in [1.807, 2.05) is 38.3 Å². The van der Waals surface area contributed by atoms with Crippen LogP contribution in [0.4, 0.5) is 0 Å². The maximum Gasteiger partial charge on any atom is 0.194 e. The molecule has 0 radical (unpaired) electrons. The average molecular weight is 499 g/mol. The SMILES string of the molecule is CCNC(=NCC1(S(C)(=O)=O)CCOCC1)N(C)Cc1cnn(C)c1.I. The molecule has 1 fully saturated rings. The highest BCUT2D eigenvalue weighted by Crippen LogP contribution is 2.29. The highest BCUT2D eigenvalue weighted by atomic mass is 127. The van der Waals surface area contributed by atoms with E-state index in [4.69, 9.17) is 4.74 Å². The zero-order valence-electron chi connectivity index (χ0n) is 15.9. The predicted molar refractivity (Wildman–Crippen MR) is 114 cm³/mol. The van der Waals surface area contributed by atoms with Crippen molar-refractivity contribution in [3.8, 4) is 0 Å². The molecule has 0 aromatic carbocycles. The number of nitrogens with one attached hydrogen (secondary N) is 1. The smallest absolute Gasteiger partial charge is 0.194 e. The highest BCUT2D eigenvalue weighted by molar-refractivity contribution is 14.0. The number of aliphatic imine (C=N–C) groups is 1. The molecule has 2 rings (SSSR count). The van der Waals surface area contributed by atoms with Crippen LogP contribution in [0.15, 0.2) is 17.4 Å². The molecule has 0 bridgehead atoms. The second kappa shape index (κ2) is 9.88. The summed E-state index contributed by atoms with van der Waals surface area (Å²) in [6.07, 6.45) is 6.05. The molecular weight excluding hydrogens is 469 g/mol. The highest BCUT2D eigenvalue weighted by Gasteiger charge is 2.42. The number of halogens is 1. The molecule has 1 aromatic rings. The summed E-state index contributed by atoms with van der Waals surface area (Å²) in [4.78, 5) is 6.63. The van der Waals surface area contributed by atoms with E-state index >= 15 is 0 Å². The first-order chi connectivity index (χ1) is 11.8. The number of ether oxygens (including phenoxy) is 1. The fourth-order valence-corrected chi connectivity index (χ4v) is 4.19. The minimum Gasteiger partial charge on any atom is -0.381 e. The van der Waals surface area contributed by atoms with Crippen molar-refractivity contribution in [3.05, 3.63) is 18.0 Å². The van der Waals surface area contributed by atoms with E-state index in [-0.39, 0.29) is 30.5 Å². The zero-order chi connectivity index (χ0) is 18.5. The quantitative estimate of drug-likeness (QED) is 0.358. The van der Waals surface area contributed by atoms with Crippen LogP contribution in [0.3, 0.4) is 0 Å². The van der Waals surface area contributed by atoms with Gasteiger partial charge in [0.1, 0.15) is 0 Å². The Balaban J connectivity index is 0.00000338. The van der Waals surface area contributed by atoms with Crippen LogP contribution >= 0.6 is 24.0 Å². The summed E-state index contributed by atoms with van der Waals surface area (Å²) < 4.78 is 31.0. The minimum atomic E-state index is -3.23. The third-order valence-electron chi connectivity index (χ3n) is 4.58. The van der Waals surface area contributed by atoms with Gasteiger partial charge in [-0.05, 0) is 19.8 Å². The van der Waals surface area contributed by atoms with Crippen molar-refractivity contribution < 1.29 is 13.2 Å². The van der Waals surface area contributed by atoms with Gasteiger partial charge in [0.2, 0.25) is 0 Å². The second-order valence-electron chi connectivity index (χ2n) is 6.62. The van der Waals surface area contributed by atoms with E-state index in [2.05, 4.69) is 15.4 Å². The Hall–Kier alpha value is -0.880. The van der Waals surface area contributed by atoms with Gasteiger partial charge >= 0.3 is 0 Å². The molecule has 2 heterocycles. The van der Waals surface area contributed by atoms with Gasteiger partial charge in [-0.1, -0.05) is 0 Å². The van der Waals surface area contributed by atoms with Crippen LogP contribution in [0, 0.1) is 0 Å². The van der Waals surface area contributed by atoms with Crippen LogP contribution in [0.1, 0.15) is 25.3 Å². The normalized spacial score (nSPS) is 17.5. The van der Waals surface area contributed by atoms with E-state index in [0.29, 0.717) is 45.1 Å². The molecule has 0 spiro atoms. The molecule has 26 heavy (non-hydrogen) atoms. The molecule has 8 nitrogen and oxygen atoms in total. The third-order valence-corrected chi connectivity index (χ3v) is 6.69. The van der Waals surface area contributed by atoms with Crippen LogP contribution in [-0.4, -0.2) is 73.4 Å². The molecule has 0 atom stereocenters. The van der Waals surface area contributed by atoms with Gasteiger partial charge in [-0.2, -0.15) is 5.10 Å². The molecule has 10 heteroatoms. The Morgan fingerprint density at radius 1 is 1.46 bits per heavy atom. The fraction of sp³-hybridized carbons (Fsp3) is 0.750. The molecule has 150 valence electrons. The summed E-state index contributed by atoms with van der Waals surface area (Å²) in [6, 6.07) is 0. The van der Waals surface area contributed by atoms with E-state index in [1.165, 1.54) is 6.26 Å². The molecule has 0 saturated carbocycles. The minimum absolute atomic E-state index is 0. The van der Waals surface area contributed by atoms with Crippen LogP contribution in [0.25, 0.3) is 0 Å². The van der Waals surface area contributed by atoms with Gasteiger partial charge in [0.25, 0.3) is 0 Å². The lowest BCUT2D eigenvalue weighted by atomic mass is 9.99. The number of guanidine groups is 1. The monoisotopic (exact) mass is 499 g/mol. The van der Waals surface area contributed by atoms with Crippen molar-refractivity contribution in [1.29, 1.82) is 0 Å². The Bertz CT molecular complexity index is 698. The number of rotatable bonds is 6. The van der Waals surface area contributed by atoms with Crippen molar-refractivity contribution in [1.82, 2.24) is 20.0 Å². The van der Waals surface area contributed by atoms with Crippen LogP contribution in [0.2, 0.25) is 0 Å². The van der Waals surface area contributed by atoms with Gasteiger partial charge in [-0.15, -0.1) is 24.0 Å². The van der Waals surface area contributed by atoms with Crippen molar-refractivity contribution in [2.75, 3.05) is 39.6 Å². The summed E-state index contributed by atoms with van der Waals surface area (Å²) in [5.74, 6) is 0.695. The predicted octanol–water partition coefficient (Wildman–Crippen LogP) is 1.03. The van der Waals surface area contributed by atoms with Gasteiger partial charge < -0.3 is 15.0 Å². The first-order valence-electron chi connectivity index (χ1n) is 8.52. The lowest BCUT2D eigenvalue weighted by molar-refractivity contribution is 0.0767. The van der Waals surface area contributed by atoms with Crippen molar-refractivity contribution in [2.45, 2.75) is 31.1 Å². The molecule has 1 saturated heterocycles. The molecule has 1 N–H and O–H groups in total. The van der Waals surface area contributed by atoms with Gasteiger partial charge in [-0.25, -0.2) is 8.42 Å². The average Bonchev–Trinajstić information content (AvgIpc) is 2.96. The van der Waals surface area contributed by atoms with E-state index in [9.17, 15) is 8.42 Å². The Morgan fingerprint density at radius 3 is 2.62 bits per heavy atom. The van der Waals surface area contributed by atoms with Crippen LogP contribution in [0.5, 0.6) is 0 Å². The molecule has 0 aliphatic carbocycles. The number of sulfone groups is 1. The van der Waals surface area contributed by atoms with Crippen LogP contribution in [-0.2, 0) is 28.2 Å². The molecule has 1 aliphatic rings. The van der Waals surface area contributed by atoms with Crippen LogP contribution < -0.4 is 5.32 Å². The summed E-state index contributed by atoms with van der Waals surface area (Å²) in [6.45, 7) is 4.53. The fourth-order valence-electron chi connectivity index (χ4n) is 2.98. The largest absolute Gasteiger partial charge is 0.381 e. The number of aromatic nitrogens is 2. The molecular formula is C16H30IN5O3S. The first kappa shape index (κ1) is 23.2. The third kappa shape index (κ3) is 5.81.